The van der Waals surface area contributed by atoms with Gasteiger partial charge in [0.05, 0.1) is 0 Å². The molecule has 0 bridgehead atoms. The summed E-state index contributed by atoms with van der Waals surface area (Å²) in [6.07, 6.45) is 0.803. The van der Waals surface area contributed by atoms with Crippen molar-refractivity contribution in [3.05, 3.63) is 35.1 Å². The number of hydrogen-bond donors (Lipinski definition) is 0. The van der Waals surface area contributed by atoms with E-state index in [9.17, 15) is 9.18 Å². The van der Waals surface area contributed by atoms with Gasteiger partial charge in [-0.3, -0.25) is 9.69 Å². The van der Waals surface area contributed by atoms with Crippen LogP contribution >= 0.6 is 0 Å². The van der Waals surface area contributed by atoms with Crippen LogP contribution in [-0.2, 0) is 6.54 Å². The zero-order chi connectivity index (χ0) is 13.0. The van der Waals surface area contributed by atoms with E-state index in [1.54, 1.807) is 6.07 Å². The number of likely N-dealkylation sites (N-methyl/N-ethyl adjacent to an activating group) is 1. The summed E-state index contributed by atoms with van der Waals surface area (Å²) < 4.78 is 13.2. The van der Waals surface area contributed by atoms with Crippen LogP contribution in [0.1, 0.15) is 22.8 Å². The van der Waals surface area contributed by atoms with Crippen molar-refractivity contribution in [2.24, 2.45) is 0 Å². The molecule has 1 fully saturated rings. The molecule has 0 radical (unpaired) electrons. The van der Waals surface area contributed by atoms with E-state index in [1.807, 2.05) is 0 Å². The molecule has 0 saturated carbocycles. The first-order valence-electron chi connectivity index (χ1n) is 6.41. The van der Waals surface area contributed by atoms with Gasteiger partial charge < -0.3 is 4.90 Å². The number of carbonyl (C=O) groups is 1. The molecule has 1 aliphatic heterocycles. The van der Waals surface area contributed by atoms with Gasteiger partial charge in [-0.15, -0.1) is 0 Å². The molecule has 0 aliphatic carbocycles. The minimum absolute atomic E-state index is 0.275. The van der Waals surface area contributed by atoms with E-state index in [2.05, 4.69) is 16.7 Å². The zero-order valence-corrected chi connectivity index (χ0v) is 10.7. The van der Waals surface area contributed by atoms with Crippen LogP contribution in [0.15, 0.2) is 18.2 Å². The third-order valence-corrected chi connectivity index (χ3v) is 3.54. The van der Waals surface area contributed by atoms with Gasteiger partial charge in [0.15, 0.2) is 0 Å². The highest BCUT2D eigenvalue weighted by atomic mass is 19.1. The van der Waals surface area contributed by atoms with Crippen molar-refractivity contribution in [2.75, 3.05) is 32.7 Å². The molecule has 0 unspecified atom stereocenters. The van der Waals surface area contributed by atoms with Crippen LogP contribution in [0.4, 0.5) is 4.39 Å². The standard InChI is InChI=1S/C14H19FN2O/c1-2-16-5-7-17(8-6-16)10-13-9-14(15)4-3-12(13)11-18/h3-4,9,11H,2,5-8,10H2,1H3. The Morgan fingerprint density at radius 2 is 1.89 bits per heavy atom. The van der Waals surface area contributed by atoms with E-state index in [0.717, 1.165) is 44.6 Å². The maximum Gasteiger partial charge on any atom is 0.150 e. The number of hydrogen-bond acceptors (Lipinski definition) is 3. The Labute approximate surface area is 107 Å². The fraction of sp³-hybridized carbons (Fsp3) is 0.500. The Bertz CT molecular complexity index is 414. The Morgan fingerprint density at radius 3 is 2.50 bits per heavy atom. The summed E-state index contributed by atoms with van der Waals surface area (Å²) in [5.41, 5.74) is 1.38. The SMILES string of the molecule is CCN1CCN(Cc2cc(F)ccc2C=O)CC1. The summed E-state index contributed by atoms with van der Waals surface area (Å²) >= 11 is 0. The lowest BCUT2D eigenvalue weighted by Gasteiger charge is -2.34. The highest BCUT2D eigenvalue weighted by molar-refractivity contribution is 5.77. The number of rotatable bonds is 4. The molecule has 4 heteroatoms. The summed E-state index contributed by atoms with van der Waals surface area (Å²) in [7, 11) is 0. The maximum atomic E-state index is 13.2. The van der Waals surface area contributed by atoms with Crippen molar-refractivity contribution < 1.29 is 9.18 Å². The molecule has 18 heavy (non-hydrogen) atoms. The Balaban J connectivity index is 2.01. The highest BCUT2D eigenvalue weighted by Gasteiger charge is 2.16. The molecule has 3 nitrogen and oxygen atoms in total. The summed E-state index contributed by atoms with van der Waals surface area (Å²) in [4.78, 5) is 15.6. The Kier molecular flexibility index (Phi) is 4.44. The summed E-state index contributed by atoms with van der Waals surface area (Å²) in [5, 5.41) is 0. The normalized spacial score (nSPS) is 17.9. The predicted molar refractivity (Wildman–Crippen MR) is 69.2 cm³/mol. The number of nitrogens with zero attached hydrogens (tertiary/aromatic N) is 2. The van der Waals surface area contributed by atoms with Gasteiger partial charge in [0.1, 0.15) is 12.1 Å². The maximum absolute atomic E-state index is 13.2. The molecule has 0 spiro atoms. The molecular formula is C14H19FN2O. The quantitative estimate of drug-likeness (QED) is 0.761. The molecule has 2 rings (SSSR count). The van der Waals surface area contributed by atoms with Crippen molar-refractivity contribution in [1.82, 2.24) is 9.80 Å². The topological polar surface area (TPSA) is 23.6 Å². The number of halogens is 1. The van der Waals surface area contributed by atoms with E-state index in [-0.39, 0.29) is 5.82 Å². The number of carbonyl (C=O) groups excluding carboxylic acids is 1. The molecule has 98 valence electrons. The molecule has 1 saturated heterocycles. The van der Waals surface area contributed by atoms with Crippen LogP contribution in [0.25, 0.3) is 0 Å². The molecular weight excluding hydrogens is 231 g/mol. The van der Waals surface area contributed by atoms with Gasteiger partial charge in [0.25, 0.3) is 0 Å². The van der Waals surface area contributed by atoms with Gasteiger partial charge in [-0.05, 0) is 30.3 Å². The lowest BCUT2D eigenvalue weighted by atomic mass is 10.1. The largest absolute Gasteiger partial charge is 0.301 e. The number of piperazine rings is 1. The average molecular weight is 250 g/mol. The minimum Gasteiger partial charge on any atom is -0.301 e. The molecule has 0 N–H and O–H groups in total. The van der Waals surface area contributed by atoms with Crippen LogP contribution in [-0.4, -0.2) is 48.8 Å². The third-order valence-electron chi connectivity index (χ3n) is 3.54. The van der Waals surface area contributed by atoms with Crippen LogP contribution in [0.5, 0.6) is 0 Å². The lowest BCUT2D eigenvalue weighted by molar-refractivity contribution is 0.111. The van der Waals surface area contributed by atoms with E-state index in [0.29, 0.717) is 12.1 Å². The van der Waals surface area contributed by atoms with Gasteiger partial charge in [-0.25, -0.2) is 4.39 Å². The van der Waals surface area contributed by atoms with E-state index >= 15 is 0 Å². The first-order valence-corrected chi connectivity index (χ1v) is 6.41. The van der Waals surface area contributed by atoms with Crippen molar-refractivity contribution in [3.63, 3.8) is 0 Å². The molecule has 1 aromatic rings. The summed E-state index contributed by atoms with van der Waals surface area (Å²) in [6, 6.07) is 4.36. The fourth-order valence-corrected chi connectivity index (χ4v) is 2.33. The molecule has 0 atom stereocenters. The summed E-state index contributed by atoms with van der Waals surface area (Å²) in [6.45, 7) is 7.93. The van der Waals surface area contributed by atoms with Gasteiger partial charge in [0, 0.05) is 38.3 Å². The van der Waals surface area contributed by atoms with Crippen molar-refractivity contribution in [2.45, 2.75) is 13.5 Å². The lowest BCUT2D eigenvalue weighted by Crippen LogP contribution is -2.45. The molecule has 0 amide bonds. The second-order valence-electron chi connectivity index (χ2n) is 4.67. The minimum atomic E-state index is -0.275. The zero-order valence-electron chi connectivity index (χ0n) is 10.7. The van der Waals surface area contributed by atoms with E-state index < -0.39 is 0 Å². The second kappa shape index (κ2) is 6.07. The van der Waals surface area contributed by atoms with Gasteiger partial charge in [-0.2, -0.15) is 0 Å². The monoisotopic (exact) mass is 250 g/mol. The van der Waals surface area contributed by atoms with E-state index in [4.69, 9.17) is 0 Å². The molecule has 1 aliphatic rings. The van der Waals surface area contributed by atoms with Crippen LogP contribution in [0, 0.1) is 5.82 Å². The first-order chi connectivity index (χ1) is 8.72. The first kappa shape index (κ1) is 13.2. The number of aldehydes is 1. The van der Waals surface area contributed by atoms with Crippen molar-refractivity contribution in [1.29, 1.82) is 0 Å². The third kappa shape index (κ3) is 3.15. The Morgan fingerprint density at radius 1 is 1.22 bits per heavy atom. The fourth-order valence-electron chi connectivity index (χ4n) is 2.33. The van der Waals surface area contributed by atoms with Crippen molar-refractivity contribution in [3.8, 4) is 0 Å². The van der Waals surface area contributed by atoms with E-state index in [1.165, 1.54) is 12.1 Å². The van der Waals surface area contributed by atoms with Gasteiger partial charge in [0.2, 0.25) is 0 Å². The highest BCUT2D eigenvalue weighted by Crippen LogP contribution is 2.14. The average Bonchev–Trinajstić information content (AvgIpc) is 2.40. The second-order valence-corrected chi connectivity index (χ2v) is 4.67. The molecule has 0 aromatic heterocycles. The molecule has 1 aromatic carbocycles. The van der Waals surface area contributed by atoms with Gasteiger partial charge in [-0.1, -0.05) is 6.92 Å². The van der Waals surface area contributed by atoms with Crippen LogP contribution in [0.3, 0.4) is 0 Å². The van der Waals surface area contributed by atoms with Crippen LogP contribution < -0.4 is 0 Å². The smallest absolute Gasteiger partial charge is 0.150 e. The van der Waals surface area contributed by atoms with Gasteiger partial charge >= 0.3 is 0 Å². The summed E-state index contributed by atoms with van der Waals surface area (Å²) in [5.74, 6) is -0.275. The molecule has 1 heterocycles. The Hall–Kier alpha value is -1.26. The van der Waals surface area contributed by atoms with Crippen LogP contribution in [0.2, 0.25) is 0 Å². The van der Waals surface area contributed by atoms with Crippen molar-refractivity contribution >= 4 is 6.29 Å². The predicted octanol–water partition coefficient (Wildman–Crippen LogP) is 1.78. The number of benzene rings is 1.